The molecule has 2 N–H and O–H groups in total. The molecule has 124 valence electrons. The molecule has 2 aromatic carbocycles. The second-order valence-electron chi connectivity index (χ2n) is 5.96. The van der Waals surface area contributed by atoms with Gasteiger partial charge in [-0.25, -0.2) is 0 Å². The highest BCUT2D eigenvalue weighted by Gasteiger charge is 2.56. The lowest BCUT2D eigenvalue weighted by Gasteiger charge is -2.28. The minimum Gasteiger partial charge on any atom is -0.481 e. The van der Waals surface area contributed by atoms with Crippen LogP contribution in [-0.2, 0) is 21.7 Å². The van der Waals surface area contributed by atoms with E-state index in [0.29, 0.717) is 11.3 Å². The maximum Gasteiger partial charge on any atom is 0.310 e. The Hall–Kier alpha value is -2.66. The van der Waals surface area contributed by atoms with Crippen molar-refractivity contribution in [2.45, 2.75) is 25.5 Å². The summed E-state index contributed by atoms with van der Waals surface area (Å²) in [6.45, 7) is 1.95. The Morgan fingerprint density at radius 2 is 1.75 bits per heavy atom. The summed E-state index contributed by atoms with van der Waals surface area (Å²) in [7, 11) is 0. The van der Waals surface area contributed by atoms with Crippen LogP contribution in [0.2, 0.25) is 0 Å². The van der Waals surface area contributed by atoms with Crippen LogP contribution in [0, 0.1) is 5.92 Å². The number of hydrogen-bond donors (Lipinski definition) is 2. The van der Waals surface area contributed by atoms with Crippen LogP contribution in [0.15, 0.2) is 54.6 Å². The number of fused-ring (bicyclic) bond motifs is 1. The number of carboxylic acids is 1. The number of aliphatic carboxylic acids is 1. The van der Waals surface area contributed by atoms with Crippen molar-refractivity contribution in [2.75, 3.05) is 4.90 Å². The first kappa shape index (κ1) is 16.2. The van der Waals surface area contributed by atoms with Gasteiger partial charge in [0.2, 0.25) is 0 Å². The number of benzene rings is 2. The van der Waals surface area contributed by atoms with Crippen molar-refractivity contribution in [3.63, 3.8) is 0 Å². The zero-order valence-corrected chi connectivity index (χ0v) is 13.3. The number of rotatable bonds is 5. The average molecular weight is 325 g/mol. The molecule has 5 heteroatoms. The van der Waals surface area contributed by atoms with E-state index < -0.39 is 23.4 Å². The molecule has 0 spiro atoms. The standard InChI is InChI=1S/C19H19NO4/c1-2-14(17(21)22)19(24)15-10-6-7-11-16(15)20(18(19)23)12-13-8-4-3-5-9-13/h3-11,14,24H,2,12H2,1H3,(H,21,22). The zero-order valence-electron chi connectivity index (χ0n) is 13.3. The Labute approximate surface area is 140 Å². The molecule has 0 radical (unpaired) electrons. The summed E-state index contributed by atoms with van der Waals surface area (Å²) < 4.78 is 0. The fraction of sp³-hybridized carbons (Fsp3) is 0.263. The van der Waals surface area contributed by atoms with Gasteiger partial charge in [-0.1, -0.05) is 55.5 Å². The third-order valence-corrected chi connectivity index (χ3v) is 4.57. The van der Waals surface area contributed by atoms with Crippen molar-refractivity contribution in [3.05, 3.63) is 65.7 Å². The largest absolute Gasteiger partial charge is 0.481 e. The lowest BCUT2D eigenvalue weighted by molar-refractivity contribution is -0.161. The lowest BCUT2D eigenvalue weighted by Crippen LogP contribution is -2.48. The molecule has 0 fully saturated rings. The average Bonchev–Trinajstić information content (AvgIpc) is 2.79. The quantitative estimate of drug-likeness (QED) is 0.885. The highest BCUT2D eigenvalue weighted by Crippen LogP contribution is 2.46. The molecular formula is C19H19NO4. The van der Waals surface area contributed by atoms with E-state index in [-0.39, 0.29) is 13.0 Å². The molecule has 1 aliphatic heterocycles. The summed E-state index contributed by atoms with van der Waals surface area (Å²) in [5.74, 6) is -2.95. The van der Waals surface area contributed by atoms with Crippen LogP contribution in [0.25, 0.3) is 0 Å². The third-order valence-electron chi connectivity index (χ3n) is 4.57. The number of carbonyl (C=O) groups is 2. The van der Waals surface area contributed by atoms with Crippen molar-refractivity contribution < 1.29 is 19.8 Å². The van der Waals surface area contributed by atoms with E-state index in [1.807, 2.05) is 30.3 Å². The monoisotopic (exact) mass is 325 g/mol. The van der Waals surface area contributed by atoms with Crippen molar-refractivity contribution >= 4 is 17.6 Å². The predicted octanol–water partition coefficient (Wildman–Crippen LogP) is 2.53. The Balaban J connectivity index is 2.08. The number of hydrogen-bond acceptors (Lipinski definition) is 3. The Bertz CT molecular complexity index is 774. The predicted molar refractivity (Wildman–Crippen MR) is 89.4 cm³/mol. The van der Waals surface area contributed by atoms with Crippen molar-refractivity contribution in [2.24, 2.45) is 5.92 Å². The second kappa shape index (κ2) is 6.09. The van der Waals surface area contributed by atoms with Crippen LogP contribution in [0.5, 0.6) is 0 Å². The topological polar surface area (TPSA) is 77.8 Å². The smallest absolute Gasteiger partial charge is 0.310 e. The normalized spacial score (nSPS) is 20.8. The van der Waals surface area contributed by atoms with E-state index in [2.05, 4.69) is 0 Å². The fourth-order valence-electron chi connectivity index (χ4n) is 3.37. The molecule has 3 rings (SSSR count). The molecule has 0 saturated heterocycles. The van der Waals surface area contributed by atoms with Crippen LogP contribution in [0.3, 0.4) is 0 Å². The summed E-state index contributed by atoms with van der Waals surface area (Å²) in [5.41, 5.74) is -0.201. The fourth-order valence-corrected chi connectivity index (χ4v) is 3.37. The minimum atomic E-state index is -2.04. The van der Waals surface area contributed by atoms with Crippen LogP contribution in [0.1, 0.15) is 24.5 Å². The molecule has 24 heavy (non-hydrogen) atoms. The number of carbonyl (C=O) groups excluding carboxylic acids is 1. The second-order valence-corrected chi connectivity index (χ2v) is 5.96. The van der Waals surface area contributed by atoms with E-state index in [0.717, 1.165) is 5.56 Å². The number of amides is 1. The van der Waals surface area contributed by atoms with Crippen LogP contribution >= 0.6 is 0 Å². The summed E-state index contributed by atoms with van der Waals surface area (Å²) in [5, 5.41) is 20.6. The van der Waals surface area contributed by atoms with Crippen molar-refractivity contribution in [3.8, 4) is 0 Å². The summed E-state index contributed by atoms with van der Waals surface area (Å²) >= 11 is 0. The molecule has 2 aromatic rings. The summed E-state index contributed by atoms with van der Waals surface area (Å²) in [6.07, 6.45) is 0.158. The minimum absolute atomic E-state index is 0.158. The molecule has 5 nitrogen and oxygen atoms in total. The molecule has 0 aliphatic carbocycles. The number of para-hydroxylation sites is 1. The number of anilines is 1. The lowest BCUT2D eigenvalue weighted by atomic mass is 9.80. The van der Waals surface area contributed by atoms with Gasteiger partial charge in [0.1, 0.15) is 0 Å². The Morgan fingerprint density at radius 3 is 2.38 bits per heavy atom. The van der Waals surface area contributed by atoms with Gasteiger partial charge in [-0.2, -0.15) is 0 Å². The summed E-state index contributed by atoms with van der Waals surface area (Å²) in [6, 6.07) is 16.3. The van der Waals surface area contributed by atoms with Gasteiger partial charge in [-0.3, -0.25) is 9.59 Å². The molecule has 0 saturated carbocycles. The van der Waals surface area contributed by atoms with Gasteiger partial charge in [0.15, 0.2) is 5.60 Å². The van der Waals surface area contributed by atoms with E-state index in [4.69, 9.17) is 0 Å². The highest BCUT2D eigenvalue weighted by atomic mass is 16.4. The van der Waals surface area contributed by atoms with E-state index >= 15 is 0 Å². The third kappa shape index (κ3) is 2.37. The van der Waals surface area contributed by atoms with Gasteiger partial charge >= 0.3 is 5.97 Å². The number of nitrogens with zero attached hydrogens (tertiary/aromatic N) is 1. The summed E-state index contributed by atoms with van der Waals surface area (Å²) in [4.78, 5) is 26.1. The van der Waals surface area contributed by atoms with Gasteiger partial charge in [-0.05, 0) is 18.1 Å². The zero-order chi connectivity index (χ0) is 17.3. The van der Waals surface area contributed by atoms with Crippen LogP contribution in [0.4, 0.5) is 5.69 Å². The molecule has 1 aliphatic rings. The number of carboxylic acid groups (broad SMARTS) is 1. The molecule has 1 heterocycles. The van der Waals surface area contributed by atoms with Crippen molar-refractivity contribution in [1.82, 2.24) is 0 Å². The van der Waals surface area contributed by atoms with Gasteiger partial charge in [0.05, 0.1) is 18.2 Å². The first-order valence-corrected chi connectivity index (χ1v) is 7.90. The first-order valence-electron chi connectivity index (χ1n) is 7.90. The molecular weight excluding hydrogens is 306 g/mol. The molecule has 2 atom stereocenters. The molecule has 1 amide bonds. The maximum atomic E-state index is 13.0. The van der Waals surface area contributed by atoms with Gasteiger partial charge in [0, 0.05) is 5.56 Å². The highest BCUT2D eigenvalue weighted by molar-refractivity contribution is 6.08. The van der Waals surface area contributed by atoms with Crippen LogP contribution < -0.4 is 4.90 Å². The van der Waals surface area contributed by atoms with E-state index in [9.17, 15) is 19.8 Å². The van der Waals surface area contributed by atoms with Gasteiger partial charge < -0.3 is 15.1 Å². The van der Waals surface area contributed by atoms with Gasteiger partial charge in [-0.15, -0.1) is 0 Å². The van der Waals surface area contributed by atoms with Crippen LogP contribution in [-0.4, -0.2) is 22.1 Å². The molecule has 0 aromatic heterocycles. The SMILES string of the molecule is CCC(C(=O)O)C1(O)C(=O)N(Cc2ccccc2)c2ccccc21. The van der Waals surface area contributed by atoms with Crippen molar-refractivity contribution in [1.29, 1.82) is 0 Å². The van der Waals surface area contributed by atoms with Gasteiger partial charge in [0.25, 0.3) is 5.91 Å². The molecule has 0 bridgehead atoms. The van der Waals surface area contributed by atoms with E-state index in [1.165, 1.54) is 4.90 Å². The Morgan fingerprint density at radius 1 is 1.12 bits per heavy atom. The molecule has 2 unspecified atom stereocenters. The number of aliphatic hydroxyl groups is 1. The first-order chi connectivity index (χ1) is 11.5. The van der Waals surface area contributed by atoms with E-state index in [1.54, 1.807) is 31.2 Å². The maximum absolute atomic E-state index is 13.0. The Kier molecular flexibility index (Phi) is 4.11.